The summed E-state index contributed by atoms with van der Waals surface area (Å²) in [6.45, 7) is 4.03. The minimum absolute atomic E-state index is 0.0121. The lowest BCUT2D eigenvalue weighted by Gasteiger charge is -2.20. The first kappa shape index (κ1) is 50.2. The normalized spacial score (nSPS) is 14.4. The number of phosphoric acid groups is 1. The van der Waals surface area contributed by atoms with Gasteiger partial charge < -0.3 is 19.3 Å². The van der Waals surface area contributed by atoms with Crippen LogP contribution in [0.1, 0.15) is 129 Å². The van der Waals surface area contributed by atoms with E-state index in [1.54, 1.807) is 4.90 Å². The topological polar surface area (TPSA) is 112 Å². The van der Waals surface area contributed by atoms with Crippen LogP contribution in [0.15, 0.2) is 85.1 Å². The third kappa shape index (κ3) is 38.7. The van der Waals surface area contributed by atoms with E-state index in [0.717, 1.165) is 77.0 Å². The largest absolute Gasteiger partial charge is 0.472 e. The van der Waals surface area contributed by atoms with Crippen molar-refractivity contribution < 1.29 is 37.6 Å². The summed E-state index contributed by atoms with van der Waals surface area (Å²) in [7, 11) is -0.763. The van der Waals surface area contributed by atoms with Gasteiger partial charge in [0.05, 0.1) is 13.2 Å². The molecule has 0 aliphatic heterocycles. The highest BCUT2D eigenvalue weighted by Gasteiger charge is 2.26. The molecule has 2 atom stereocenters. The van der Waals surface area contributed by atoms with Gasteiger partial charge in [0, 0.05) is 19.4 Å². The molecule has 0 aromatic carbocycles. The van der Waals surface area contributed by atoms with Crippen LogP contribution in [-0.4, -0.2) is 68.3 Å². The number of ether oxygens (including phenoxy) is 2. The maximum absolute atomic E-state index is 12.6. The second-order valence-electron chi connectivity index (χ2n) is 13.1. The zero-order chi connectivity index (χ0) is 39.1. The minimum Gasteiger partial charge on any atom is -0.462 e. The number of carbonyl (C=O) groups excluding carboxylic acids is 2. The van der Waals surface area contributed by atoms with Crippen molar-refractivity contribution in [2.24, 2.45) is 0 Å². The number of rotatable bonds is 35. The molecule has 0 bridgehead atoms. The summed E-state index contributed by atoms with van der Waals surface area (Å²) < 4.78 is 33.2. The molecule has 0 amide bonds. The Bertz CT molecular complexity index is 1150. The Morgan fingerprint density at radius 2 is 1.11 bits per heavy atom. The molecular formula is C43H72NO8P. The summed E-state index contributed by atoms with van der Waals surface area (Å²) in [6, 6.07) is 0. The van der Waals surface area contributed by atoms with Crippen LogP contribution in [0.25, 0.3) is 0 Å². The Morgan fingerprint density at radius 3 is 1.68 bits per heavy atom. The monoisotopic (exact) mass is 761 g/mol. The molecule has 0 radical (unpaired) electrons. The quantitative estimate of drug-likeness (QED) is 0.0292. The molecule has 2 unspecified atom stereocenters. The number of nitrogens with zero attached hydrogens (tertiary/aromatic N) is 1. The van der Waals surface area contributed by atoms with Crippen LogP contribution >= 0.6 is 7.82 Å². The third-order valence-electron chi connectivity index (χ3n) is 7.70. The molecule has 9 nitrogen and oxygen atoms in total. The van der Waals surface area contributed by atoms with E-state index >= 15 is 0 Å². The van der Waals surface area contributed by atoms with Crippen molar-refractivity contribution in [1.29, 1.82) is 0 Å². The molecule has 53 heavy (non-hydrogen) atoms. The van der Waals surface area contributed by atoms with Crippen LogP contribution in [0.4, 0.5) is 0 Å². The van der Waals surface area contributed by atoms with Crippen molar-refractivity contribution in [2.45, 2.75) is 136 Å². The molecular weight excluding hydrogens is 689 g/mol. The predicted octanol–water partition coefficient (Wildman–Crippen LogP) is 11.1. The number of carbonyl (C=O) groups is 2. The maximum Gasteiger partial charge on any atom is 0.472 e. The number of allylic oxidation sites excluding steroid dienone is 14. The molecule has 0 aromatic rings. The zero-order valence-electron chi connectivity index (χ0n) is 33.4. The summed E-state index contributed by atoms with van der Waals surface area (Å²) in [5.74, 6) is -0.923. The highest BCUT2D eigenvalue weighted by Crippen LogP contribution is 2.43. The van der Waals surface area contributed by atoms with E-state index in [1.807, 2.05) is 26.2 Å². The molecule has 10 heteroatoms. The molecule has 302 valence electrons. The standard InChI is InChI=1S/C43H72NO8P/c1-5-7-9-11-13-15-17-18-19-20-21-22-23-24-26-28-30-32-34-36-43(46)52-41(40-51-53(47,48)50-38-37-44(3)4)39-49-42(45)35-33-31-29-27-25-16-14-12-10-8-6-2/h7,9,12-15,18-19,21-22,24,26,30,32,41H,5-6,8,10-11,16-17,20,23,25,27-29,31,33-40H2,1-4H3,(H,47,48)/b9-7-,14-12-,15-13-,19-18-,22-21-,26-24-,32-30-. The lowest BCUT2D eigenvalue weighted by Crippen LogP contribution is -2.29. The Hall–Kier alpha value is -2.81. The Balaban J connectivity index is 4.50. The number of phosphoric ester groups is 1. The molecule has 0 aliphatic rings. The SMILES string of the molecule is CC/C=C\C/C=C\C/C=C\C/C=C\C/C=C\C/C=C\CCC(=O)OC(COC(=O)CCCCCCC/C=C\CCCC)COP(=O)(O)OCCN(C)C. The molecule has 1 N–H and O–H groups in total. The van der Waals surface area contributed by atoms with Crippen LogP contribution < -0.4 is 0 Å². The van der Waals surface area contributed by atoms with Crippen molar-refractivity contribution in [3.05, 3.63) is 85.1 Å². The van der Waals surface area contributed by atoms with Crippen molar-refractivity contribution in [3.63, 3.8) is 0 Å². The van der Waals surface area contributed by atoms with Gasteiger partial charge in [0.2, 0.25) is 0 Å². The van der Waals surface area contributed by atoms with Crippen LogP contribution in [0, 0.1) is 0 Å². The van der Waals surface area contributed by atoms with E-state index in [9.17, 15) is 19.0 Å². The van der Waals surface area contributed by atoms with Gasteiger partial charge in [-0.05, 0) is 84.7 Å². The van der Waals surface area contributed by atoms with E-state index in [1.165, 1.54) is 12.8 Å². The summed E-state index contributed by atoms with van der Waals surface area (Å²) >= 11 is 0. The fourth-order valence-corrected chi connectivity index (χ4v) is 5.37. The van der Waals surface area contributed by atoms with E-state index < -0.39 is 32.5 Å². The van der Waals surface area contributed by atoms with Crippen LogP contribution in [-0.2, 0) is 32.7 Å². The van der Waals surface area contributed by atoms with E-state index in [2.05, 4.69) is 86.8 Å². The number of hydrogen-bond donors (Lipinski definition) is 1. The Kier molecular flexibility index (Phi) is 35.5. The van der Waals surface area contributed by atoms with Gasteiger partial charge in [0.25, 0.3) is 0 Å². The van der Waals surface area contributed by atoms with Crippen LogP contribution in [0.2, 0.25) is 0 Å². The first-order valence-corrected chi connectivity index (χ1v) is 21.4. The Labute approximate surface area is 322 Å². The average Bonchev–Trinajstić information content (AvgIpc) is 3.12. The summed E-state index contributed by atoms with van der Waals surface area (Å²) in [5, 5.41) is 0. The molecule has 0 saturated carbocycles. The van der Waals surface area contributed by atoms with Gasteiger partial charge in [0.1, 0.15) is 6.61 Å². The number of hydrogen-bond acceptors (Lipinski definition) is 8. The lowest BCUT2D eigenvalue weighted by atomic mass is 10.1. The average molecular weight is 762 g/mol. The summed E-state index contributed by atoms with van der Waals surface area (Å²) in [6.07, 6.45) is 45.1. The van der Waals surface area contributed by atoms with Crippen molar-refractivity contribution in [3.8, 4) is 0 Å². The maximum atomic E-state index is 12.6. The van der Waals surface area contributed by atoms with Gasteiger partial charge in [-0.25, -0.2) is 4.57 Å². The Morgan fingerprint density at radius 1 is 0.604 bits per heavy atom. The highest BCUT2D eigenvalue weighted by molar-refractivity contribution is 7.47. The first-order chi connectivity index (χ1) is 25.7. The molecule has 0 spiro atoms. The fraction of sp³-hybridized carbons (Fsp3) is 0.628. The zero-order valence-corrected chi connectivity index (χ0v) is 34.3. The first-order valence-electron chi connectivity index (χ1n) is 19.9. The van der Waals surface area contributed by atoms with Gasteiger partial charge in [-0.1, -0.05) is 131 Å². The number of esters is 2. The molecule has 0 heterocycles. The third-order valence-corrected chi connectivity index (χ3v) is 8.68. The summed E-state index contributed by atoms with van der Waals surface area (Å²) in [5.41, 5.74) is 0. The fourth-order valence-electron chi connectivity index (χ4n) is 4.63. The minimum atomic E-state index is -4.38. The van der Waals surface area contributed by atoms with E-state index in [4.69, 9.17) is 18.5 Å². The molecule has 0 aliphatic carbocycles. The number of likely N-dealkylation sites (N-methyl/N-ethyl adjacent to an activating group) is 1. The van der Waals surface area contributed by atoms with Gasteiger partial charge in [-0.2, -0.15) is 0 Å². The van der Waals surface area contributed by atoms with Crippen LogP contribution in [0.3, 0.4) is 0 Å². The highest BCUT2D eigenvalue weighted by atomic mass is 31.2. The predicted molar refractivity (Wildman–Crippen MR) is 220 cm³/mol. The van der Waals surface area contributed by atoms with Crippen molar-refractivity contribution in [1.82, 2.24) is 4.90 Å². The van der Waals surface area contributed by atoms with Gasteiger partial charge in [0.15, 0.2) is 6.10 Å². The molecule has 0 saturated heterocycles. The molecule has 0 rings (SSSR count). The molecule has 0 fully saturated rings. The van der Waals surface area contributed by atoms with E-state index in [-0.39, 0.29) is 26.1 Å². The second kappa shape index (κ2) is 37.5. The van der Waals surface area contributed by atoms with Crippen LogP contribution in [0.5, 0.6) is 0 Å². The van der Waals surface area contributed by atoms with Gasteiger partial charge in [-0.3, -0.25) is 18.6 Å². The molecule has 0 aromatic heterocycles. The van der Waals surface area contributed by atoms with Crippen molar-refractivity contribution in [2.75, 3.05) is 40.5 Å². The lowest BCUT2D eigenvalue weighted by molar-refractivity contribution is -0.161. The van der Waals surface area contributed by atoms with Crippen molar-refractivity contribution >= 4 is 19.8 Å². The smallest absolute Gasteiger partial charge is 0.462 e. The second-order valence-corrected chi connectivity index (χ2v) is 14.5. The van der Waals surface area contributed by atoms with E-state index in [0.29, 0.717) is 19.4 Å². The number of unbranched alkanes of at least 4 members (excludes halogenated alkanes) is 7. The van der Waals surface area contributed by atoms with Gasteiger partial charge in [-0.15, -0.1) is 0 Å². The summed E-state index contributed by atoms with van der Waals surface area (Å²) in [4.78, 5) is 36.8. The van der Waals surface area contributed by atoms with Gasteiger partial charge >= 0.3 is 19.8 Å².